The van der Waals surface area contributed by atoms with Crippen molar-refractivity contribution in [3.63, 3.8) is 0 Å². The normalized spacial score (nSPS) is 10.6. The van der Waals surface area contributed by atoms with E-state index in [0.717, 1.165) is 16.6 Å². The molecule has 0 aliphatic heterocycles. The minimum atomic E-state index is -0.163. The van der Waals surface area contributed by atoms with Crippen molar-refractivity contribution >= 4 is 28.3 Å². The Morgan fingerprint density at radius 3 is 2.71 bits per heavy atom. The van der Waals surface area contributed by atoms with Crippen LogP contribution in [-0.2, 0) is 11.2 Å². The summed E-state index contributed by atoms with van der Waals surface area (Å²) in [5, 5.41) is 3.91. The summed E-state index contributed by atoms with van der Waals surface area (Å²) < 4.78 is 5.28. The molecule has 1 aromatic heterocycles. The van der Waals surface area contributed by atoms with E-state index in [1.165, 1.54) is 6.92 Å². The van der Waals surface area contributed by atoms with E-state index in [4.69, 9.17) is 4.74 Å². The third-order valence-electron chi connectivity index (χ3n) is 3.87. The highest BCUT2D eigenvalue weighted by atomic mass is 16.5. The van der Waals surface area contributed by atoms with E-state index in [9.17, 15) is 9.59 Å². The van der Waals surface area contributed by atoms with Gasteiger partial charge in [0.2, 0.25) is 5.91 Å². The van der Waals surface area contributed by atoms with Crippen LogP contribution in [0.4, 0.5) is 5.69 Å². The number of ketones is 1. The Balaban J connectivity index is 1.78. The summed E-state index contributed by atoms with van der Waals surface area (Å²) in [5.41, 5.74) is 3.00. The fourth-order valence-electron chi connectivity index (χ4n) is 2.64. The lowest BCUT2D eigenvalue weighted by atomic mass is 10.0. The number of hydrogen-bond acceptors (Lipinski definition) is 3. The van der Waals surface area contributed by atoms with E-state index in [-0.39, 0.29) is 18.1 Å². The highest BCUT2D eigenvalue weighted by Gasteiger charge is 2.12. The van der Waals surface area contributed by atoms with Crippen LogP contribution in [0.3, 0.4) is 0 Å². The number of methoxy groups -OCH3 is 1. The van der Waals surface area contributed by atoms with Crippen LogP contribution in [0.25, 0.3) is 10.9 Å². The molecule has 2 aromatic carbocycles. The van der Waals surface area contributed by atoms with Crippen LogP contribution >= 0.6 is 0 Å². The molecule has 0 saturated carbocycles. The third kappa shape index (κ3) is 3.30. The van der Waals surface area contributed by atoms with Gasteiger partial charge in [0.15, 0.2) is 5.78 Å². The van der Waals surface area contributed by atoms with Crippen LogP contribution in [0, 0.1) is 0 Å². The fraction of sp³-hybridized carbons (Fsp3) is 0.158. The summed E-state index contributed by atoms with van der Waals surface area (Å²) in [5.74, 6) is 0.386. The van der Waals surface area contributed by atoms with Crippen LogP contribution < -0.4 is 10.1 Å². The molecule has 24 heavy (non-hydrogen) atoms. The molecule has 0 spiro atoms. The lowest BCUT2D eigenvalue weighted by Crippen LogP contribution is -2.15. The molecular formula is C19H18N2O3. The second-order valence-corrected chi connectivity index (χ2v) is 5.59. The van der Waals surface area contributed by atoms with Gasteiger partial charge in [0.25, 0.3) is 0 Å². The van der Waals surface area contributed by atoms with Gasteiger partial charge in [-0.05, 0) is 49.4 Å². The van der Waals surface area contributed by atoms with E-state index in [0.29, 0.717) is 16.9 Å². The lowest BCUT2D eigenvalue weighted by molar-refractivity contribution is -0.115. The summed E-state index contributed by atoms with van der Waals surface area (Å²) in [6.45, 7) is 1.50. The van der Waals surface area contributed by atoms with Gasteiger partial charge in [-0.15, -0.1) is 0 Å². The maximum atomic E-state index is 12.3. The van der Waals surface area contributed by atoms with Gasteiger partial charge in [-0.1, -0.05) is 0 Å². The van der Waals surface area contributed by atoms with Crippen LogP contribution in [0.5, 0.6) is 5.75 Å². The number of H-pyrrole nitrogens is 1. The van der Waals surface area contributed by atoms with Gasteiger partial charge in [-0.3, -0.25) is 9.59 Å². The van der Waals surface area contributed by atoms with Crippen LogP contribution in [-0.4, -0.2) is 23.8 Å². The summed E-state index contributed by atoms with van der Waals surface area (Å²) in [6.07, 6.45) is 1.99. The first-order valence-electron chi connectivity index (χ1n) is 7.61. The first-order chi connectivity index (χ1) is 11.6. The van der Waals surface area contributed by atoms with Crippen molar-refractivity contribution in [3.05, 3.63) is 59.8 Å². The van der Waals surface area contributed by atoms with Gasteiger partial charge in [0.05, 0.1) is 13.5 Å². The third-order valence-corrected chi connectivity index (χ3v) is 3.87. The molecule has 0 fully saturated rings. The number of anilines is 1. The molecule has 1 heterocycles. The molecule has 3 aromatic rings. The van der Waals surface area contributed by atoms with Gasteiger partial charge in [0.1, 0.15) is 5.75 Å². The number of fused-ring (bicyclic) bond motifs is 1. The quantitative estimate of drug-likeness (QED) is 0.706. The van der Waals surface area contributed by atoms with Gasteiger partial charge in [-0.25, -0.2) is 0 Å². The molecule has 0 atom stereocenters. The minimum absolute atomic E-state index is 0.0442. The van der Waals surface area contributed by atoms with Gasteiger partial charge in [0, 0.05) is 33.9 Å². The predicted octanol–water partition coefficient (Wildman–Crippen LogP) is 3.56. The number of amides is 1. The maximum absolute atomic E-state index is 12.3. The van der Waals surface area contributed by atoms with Crippen molar-refractivity contribution < 1.29 is 14.3 Å². The van der Waals surface area contributed by atoms with Gasteiger partial charge in [-0.2, -0.15) is 0 Å². The number of Topliss-reactive ketones (excluding diaryl/α,β-unsaturated/α-hetero) is 1. The zero-order valence-electron chi connectivity index (χ0n) is 13.6. The van der Waals surface area contributed by atoms with Crippen molar-refractivity contribution in [1.29, 1.82) is 0 Å². The molecule has 122 valence electrons. The molecule has 0 bridgehead atoms. The Labute approximate surface area is 139 Å². The van der Waals surface area contributed by atoms with E-state index in [1.807, 2.05) is 30.5 Å². The number of rotatable bonds is 5. The Kier molecular flexibility index (Phi) is 4.33. The Bertz CT molecular complexity index is 912. The highest BCUT2D eigenvalue weighted by Crippen LogP contribution is 2.22. The van der Waals surface area contributed by atoms with Gasteiger partial charge < -0.3 is 15.0 Å². The number of aromatic amines is 1. The number of ether oxygens (including phenoxy) is 1. The topological polar surface area (TPSA) is 71.2 Å². The molecule has 5 nitrogen and oxygen atoms in total. The van der Waals surface area contributed by atoms with Crippen molar-refractivity contribution in [2.45, 2.75) is 13.3 Å². The zero-order chi connectivity index (χ0) is 17.1. The highest BCUT2D eigenvalue weighted by molar-refractivity contribution is 5.97. The summed E-state index contributed by atoms with van der Waals surface area (Å²) in [6, 6.07) is 12.7. The molecule has 5 heteroatoms. The Hall–Kier alpha value is -3.08. The number of hydrogen-bond donors (Lipinski definition) is 2. The number of benzene rings is 2. The van der Waals surface area contributed by atoms with Crippen LogP contribution in [0.15, 0.2) is 48.7 Å². The van der Waals surface area contributed by atoms with E-state index >= 15 is 0 Å². The van der Waals surface area contributed by atoms with Crippen molar-refractivity contribution in [3.8, 4) is 5.75 Å². The maximum Gasteiger partial charge on any atom is 0.228 e. The predicted molar refractivity (Wildman–Crippen MR) is 93.6 cm³/mol. The molecule has 0 aliphatic carbocycles. The average Bonchev–Trinajstić information content (AvgIpc) is 3.02. The zero-order valence-corrected chi connectivity index (χ0v) is 13.6. The van der Waals surface area contributed by atoms with Crippen LogP contribution in [0.2, 0.25) is 0 Å². The van der Waals surface area contributed by atoms with E-state index in [2.05, 4.69) is 10.3 Å². The first-order valence-corrected chi connectivity index (χ1v) is 7.61. The van der Waals surface area contributed by atoms with E-state index < -0.39 is 0 Å². The summed E-state index contributed by atoms with van der Waals surface area (Å²) in [4.78, 5) is 27.0. The van der Waals surface area contributed by atoms with Gasteiger partial charge >= 0.3 is 0 Å². The number of nitrogens with one attached hydrogen (secondary N) is 2. The summed E-state index contributed by atoms with van der Waals surface area (Å²) >= 11 is 0. The lowest BCUT2D eigenvalue weighted by Gasteiger charge is -2.10. The molecule has 1 amide bonds. The van der Waals surface area contributed by atoms with Crippen molar-refractivity contribution in [2.24, 2.45) is 0 Å². The largest absolute Gasteiger partial charge is 0.496 e. The molecule has 0 aliphatic rings. The monoisotopic (exact) mass is 322 g/mol. The SMILES string of the molecule is COc1ccc(C(C)=O)cc1CC(=O)Nc1ccc2[nH]ccc2c1. The molecule has 0 radical (unpaired) electrons. The summed E-state index contributed by atoms with van der Waals surface area (Å²) in [7, 11) is 1.55. The molecular weight excluding hydrogens is 304 g/mol. The first kappa shape index (κ1) is 15.8. The number of carbonyl (C=O) groups is 2. The average molecular weight is 322 g/mol. The van der Waals surface area contributed by atoms with Crippen molar-refractivity contribution in [1.82, 2.24) is 4.98 Å². The molecule has 2 N–H and O–H groups in total. The number of aromatic nitrogens is 1. The standard InChI is InChI=1S/C19H18N2O3/c1-12(22)13-3-6-18(24-2)15(9-13)11-19(23)21-16-4-5-17-14(10-16)7-8-20-17/h3-10,20H,11H2,1-2H3,(H,21,23). The number of carbonyl (C=O) groups excluding carboxylic acids is 2. The van der Waals surface area contributed by atoms with Crippen molar-refractivity contribution in [2.75, 3.05) is 12.4 Å². The van der Waals surface area contributed by atoms with E-state index in [1.54, 1.807) is 25.3 Å². The minimum Gasteiger partial charge on any atom is -0.496 e. The molecule has 3 rings (SSSR count). The molecule has 0 saturated heterocycles. The Morgan fingerprint density at radius 2 is 1.96 bits per heavy atom. The molecule has 0 unspecified atom stereocenters. The second-order valence-electron chi connectivity index (χ2n) is 5.59. The Morgan fingerprint density at radius 1 is 1.12 bits per heavy atom. The second kappa shape index (κ2) is 6.58. The smallest absolute Gasteiger partial charge is 0.228 e. The fourth-order valence-corrected chi connectivity index (χ4v) is 2.64. The van der Waals surface area contributed by atoms with Crippen LogP contribution in [0.1, 0.15) is 22.8 Å².